The van der Waals surface area contributed by atoms with Gasteiger partial charge in [0.1, 0.15) is 5.56 Å². The van der Waals surface area contributed by atoms with E-state index < -0.39 is 29.0 Å². The molecule has 1 N–H and O–H groups in total. The van der Waals surface area contributed by atoms with E-state index in [1.54, 1.807) is 14.7 Å². The SMILES string of the molecule is O=C(CCCCN1CCc2c1n[nH]c(=O)c2C(F)(F)F)N1CCN(c2ncc(C(F)(F)F)cn2)CC1. The zero-order valence-corrected chi connectivity index (χ0v) is 19.0. The molecule has 0 unspecified atom stereocenters. The average molecular weight is 519 g/mol. The number of alkyl halides is 6. The maximum Gasteiger partial charge on any atom is 0.422 e. The molecular formula is C21H23F6N7O2. The summed E-state index contributed by atoms with van der Waals surface area (Å²) in [6.07, 6.45) is -6.41. The van der Waals surface area contributed by atoms with E-state index in [0.717, 1.165) is 12.4 Å². The molecule has 2 aromatic rings. The van der Waals surface area contributed by atoms with Gasteiger partial charge in [-0.2, -0.15) is 31.4 Å². The zero-order chi connectivity index (χ0) is 26.1. The van der Waals surface area contributed by atoms with Crippen LogP contribution in [0.2, 0.25) is 0 Å². The van der Waals surface area contributed by atoms with E-state index >= 15 is 0 Å². The summed E-state index contributed by atoms with van der Waals surface area (Å²) in [5.41, 5.74) is -3.48. The molecule has 36 heavy (non-hydrogen) atoms. The summed E-state index contributed by atoms with van der Waals surface area (Å²) in [5.74, 6) is 0.214. The van der Waals surface area contributed by atoms with Crippen molar-refractivity contribution in [3.05, 3.63) is 39.4 Å². The molecular weight excluding hydrogens is 496 g/mol. The fourth-order valence-corrected chi connectivity index (χ4v) is 4.37. The average Bonchev–Trinajstić information content (AvgIpc) is 3.23. The van der Waals surface area contributed by atoms with Crippen LogP contribution < -0.4 is 15.4 Å². The number of H-pyrrole nitrogens is 1. The summed E-state index contributed by atoms with van der Waals surface area (Å²) < 4.78 is 77.6. The summed E-state index contributed by atoms with van der Waals surface area (Å²) in [4.78, 5) is 36.8. The van der Waals surface area contributed by atoms with Gasteiger partial charge in [0, 0.05) is 63.6 Å². The van der Waals surface area contributed by atoms with Gasteiger partial charge in [0.2, 0.25) is 11.9 Å². The Morgan fingerprint density at radius 1 is 0.944 bits per heavy atom. The number of fused-ring (bicyclic) bond motifs is 1. The lowest BCUT2D eigenvalue weighted by atomic mass is 10.1. The molecule has 2 aliphatic heterocycles. The van der Waals surface area contributed by atoms with E-state index in [1.165, 1.54) is 0 Å². The molecule has 0 aliphatic carbocycles. The summed E-state index contributed by atoms with van der Waals surface area (Å²) >= 11 is 0. The molecule has 0 bridgehead atoms. The molecule has 2 aromatic heterocycles. The van der Waals surface area contributed by atoms with Gasteiger partial charge in [-0.3, -0.25) is 9.59 Å². The molecule has 2 aliphatic rings. The Morgan fingerprint density at radius 3 is 2.22 bits per heavy atom. The molecule has 0 saturated carbocycles. The number of nitrogens with zero attached hydrogens (tertiary/aromatic N) is 6. The Hall–Kier alpha value is -3.39. The lowest BCUT2D eigenvalue weighted by Gasteiger charge is -2.34. The smallest absolute Gasteiger partial charge is 0.355 e. The molecule has 9 nitrogen and oxygen atoms in total. The van der Waals surface area contributed by atoms with Gasteiger partial charge < -0.3 is 14.7 Å². The highest BCUT2D eigenvalue weighted by atomic mass is 19.4. The quantitative estimate of drug-likeness (QED) is 0.463. The normalized spacial score (nSPS) is 16.4. The van der Waals surface area contributed by atoms with Gasteiger partial charge in [-0.25, -0.2) is 15.1 Å². The van der Waals surface area contributed by atoms with E-state index in [1.807, 2.05) is 5.10 Å². The highest BCUT2D eigenvalue weighted by Crippen LogP contribution is 2.35. The number of rotatable bonds is 6. The molecule has 0 atom stereocenters. The number of aromatic amines is 1. The fourth-order valence-electron chi connectivity index (χ4n) is 4.37. The van der Waals surface area contributed by atoms with Crippen molar-refractivity contribution in [2.75, 3.05) is 49.1 Å². The van der Waals surface area contributed by atoms with Crippen LogP contribution in [-0.4, -0.2) is 70.2 Å². The number of anilines is 2. The molecule has 4 heterocycles. The van der Waals surface area contributed by atoms with Crippen molar-refractivity contribution < 1.29 is 31.1 Å². The van der Waals surface area contributed by atoms with Crippen LogP contribution in [0.15, 0.2) is 17.2 Å². The van der Waals surface area contributed by atoms with Crippen LogP contribution in [0.3, 0.4) is 0 Å². The Bertz CT molecular complexity index is 1140. The number of piperazine rings is 1. The Balaban J connectivity index is 1.22. The number of carbonyl (C=O) groups is 1. The lowest BCUT2D eigenvalue weighted by molar-refractivity contribution is -0.139. The van der Waals surface area contributed by atoms with Gasteiger partial charge in [0.25, 0.3) is 5.56 Å². The van der Waals surface area contributed by atoms with Crippen molar-refractivity contribution in [3.63, 3.8) is 0 Å². The first kappa shape index (κ1) is 25.7. The van der Waals surface area contributed by atoms with Crippen LogP contribution in [-0.2, 0) is 23.6 Å². The molecule has 1 fully saturated rings. The fraction of sp³-hybridized carbons (Fsp3) is 0.571. The molecule has 0 aromatic carbocycles. The van der Waals surface area contributed by atoms with Crippen LogP contribution in [0, 0.1) is 0 Å². The van der Waals surface area contributed by atoms with Crippen LogP contribution in [0.5, 0.6) is 0 Å². The van der Waals surface area contributed by atoms with E-state index in [-0.39, 0.29) is 36.1 Å². The number of hydrogen-bond acceptors (Lipinski definition) is 7. The summed E-state index contributed by atoms with van der Waals surface area (Å²) in [6, 6.07) is 0. The number of halogens is 6. The first-order valence-electron chi connectivity index (χ1n) is 11.3. The number of unbranched alkanes of at least 4 members (excludes halogenated alkanes) is 1. The summed E-state index contributed by atoms with van der Waals surface area (Å²) in [7, 11) is 0. The zero-order valence-electron chi connectivity index (χ0n) is 19.0. The third-order valence-corrected chi connectivity index (χ3v) is 6.23. The second-order valence-electron chi connectivity index (χ2n) is 8.56. The monoisotopic (exact) mass is 519 g/mol. The number of hydrogen-bond donors (Lipinski definition) is 1. The van der Waals surface area contributed by atoms with Gasteiger partial charge in [-0.05, 0) is 19.3 Å². The number of nitrogens with one attached hydrogen (secondary N) is 1. The summed E-state index contributed by atoms with van der Waals surface area (Å²) in [6.45, 7) is 2.22. The van der Waals surface area contributed by atoms with Crippen LogP contribution in [0.25, 0.3) is 0 Å². The van der Waals surface area contributed by atoms with Crippen molar-refractivity contribution in [1.82, 2.24) is 25.1 Å². The van der Waals surface area contributed by atoms with E-state index in [4.69, 9.17) is 0 Å². The minimum atomic E-state index is -4.76. The third kappa shape index (κ3) is 5.54. The maximum atomic E-state index is 13.2. The van der Waals surface area contributed by atoms with Crippen molar-refractivity contribution in [3.8, 4) is 0 Å². The summed E-state index contributed by atoms with van der Waals surface area (Å²) in [5, 5.41) is 5.72. The predicted molar refractivity (Wildman–Crippen MR) is 115 cm³/mol. The largest absolute Gasteiger partial charge is 0.422 e. The van der Waals surface area contributed by atoms with Crippen molar-refractivity contribution in [2.45, 2.75) is 38.0 Å². The van der Waals surface area contributed by atoms with Crippen LogP contribution in [0.4, 0.5) is 38.1 Å². The number of carbonyl (C=O) groups excluding carboxylic acids is 1. The Morgan fingerprint density at radius 2 is 1.61 bits per heavy atom. The predicted octanol–water partition coefficient (Wildman–Crippen LogP) is 2.48. The first-order valence-corrected chi connectivity index (χ1v) is 11.3. The molecule has 1 amide bonds. The molecule has 0 radical (unpaired) electrons. The highest BCUT2D eigenvalue weighted by Gasteiger charge is 2.40. The van der Waals surface area contributed by atoms with E-state index in [2.05, 4.69) is 15.1 Å². The third-order valence-electron chi connectivity index (χ3n) is 6.23. The molecule has 1 saturated heterocycles. The Labute approximate surface area is 201 Å². The first-order chi connectivity index (χ1) is 16.9. The van der Waals surface area contributed by atoms with Gasteiger partial charge in [0.15, 0.2) is 5.82 Å². The maximum absolute atomic E-state index is 13.2. The standard InChI is InChI=1S/C21H23F6N7O2/c22-20(23,24)13-11-28-19(29-12-13)34-9-7-32(8-10-34)15(35)3-1-2-5-33-6-4-14-16(21(25,26)27)18(36)31-30-17(14)33/h11-12H,1-10H2,(H,31,36). The molecule has 196 valence electrons. The van der Waals surface area contributed by atoms with Crippen LogP contribution >= 0.6 is 0 Å². The minimum absolute atomic E-state index is 0.0763. The molecule has 0 spiro atoms. The Kier molecular flexibility index (Phi) is 7.09. The van der Waals surface area contributed by atoms with Gasteiger partial charge in [0.05, 0.1) is 5.56 Å². The van der Waals surface area contributed by atoms with Crippen molar-refractivity contribution in [2.24, 2.45) is 0 Å². The van der Waals surface area contributed by atoms with Gasteiger partial charge >= 0.3 is 12.4 Å². The topological polar surface area (TPSA) is 98.3 Å². The molecule has 15 heteroatoms. The van der Waals surface area contributed by atoms with Crippen molar-refractivity contribution >= 4 is 17.7 Å². The molecule has 4 rings (SSSR count). The van der Waals surface area contributed by atoms with E-state index in [0.29, 0.717) is 52.1 Å². The van der Waals surface area contributed by atoms with Gasteiger partial charge in [-0.1, -0.05) is 0 Å². The highest BCUT2D eigenvalue weighted by molar-refractivity contribution is 5.76. The number of amides is 1. The van der Waals surface area contributed by atoms with Crippen molar-refractivity contribution in [1.29, 1.82) is 0 Å². The van der Waals surface area contributed by atoms with Gasteiger partial charge in [-0.15, -0.1) is 0 Å². The lowest BCUT2D eigenvalue weighted by Crippen LogP contribution is -2.49. The minimum Gasteiger partial charge on any atom is -0.355 e. The number of aromatic nitrogens is 4. The second kappa shape index (κ2) is 9.93. The second-order valence-corrected chi connectivity index (χ2v) is 8.56. The van der Waals surface area contributed by atoms with Crippen LogP contribution in [0.1, 0.15) is 36.0 Å². The van der Waals surface area contributed by atoms with E-state index in [9.17, 15) is 35.9 Å².